The van der Waals surface area contributed by atoms with Gasteiger partial charge in [0.25, 0.3) is 0 Å². The van der Waals surface area contributed by atoms with Crippen LogP contribution in [0.4, 0.5) is 0 Å². The summed E-state index contributed by atoms with van der Waals surface area (Å²) in [5.41, 5.74) is 15.5. The Labute approximate surface area is 319 Å². The summed E-state index contributed by atoms with van der Waals surface area (Å²) >= 11 is -2.71. The first-order valence-electron chi connectivity index (χ1n) is 18.9. The van der Waals surface area contributed by atoms with Crippen LogP contribution in [0.2, 0.25) is 8.45 Å². The Morgan fingerprint density at radius 2 is 0.863 bits per heavy atom. The zero-order valence-corrected chi connectivity index (χ0v) is 32.6. The number of hydrogen-bond acceptors (Lipinski definition) is 0. The van der Waals surface area contributed by atoms with Crippen molar-refractivity contribution >= 4 is 33.7 Å². The maximum Gasteiger partial charge on any atom is -1.00 e. The van der Waals surface area contributed by atoms with Gasteiger partial charge in [-0.25, -0.2) is 0 Å². The predicted molar refractivity (Wildman–Crippen MR) is 207 cm³/mol. The first-order chi connectivity index (χ1) is 24.2. The second-order valence-electron chi connectivity index (χ2n) is 15.2. The van der Waals surface area contributed by atoms with E-state index in [1.165, 1.54) is 80.6 Å². The van der Waals surface area contributed by atoms with Crippen LogP contribution in [0.1, 0.15) is 83.1 Å². The quantitative estimate of drug-likeness (QED) is 0.152. The van der Waals surface area contributed by atoms with E-state index in [1.54, 1.807) is 22.3 Å². The van der Waals surface area contributed by atoms with E-state index in [0.29, 0.717) is 8.45 Å². The molecule has 1 saturated heterocycles. The minimum absolute atomic E-state index is 0. The molecule has 0 aromatic heterocycles. The SMILES string of the molecule is CCC1=Cc2c(-c3cccc4ccccc34)cccc2[CH]1[Ti+2]1([CH]2C(CC)=Cc3c(-c4cccc5ccccc45)cccc32)[CH]2CCCC[CH]21.[Cl-].[Cl-]. The van der Waals surface area contributed by atoms with Gasteiger partial charge in [-0.15, -0.1) is 0 Å². The van der Waals surface area contributed by atoms with Crippen LogP contribution in [0.3, 0.4) is 0 Å². The second-order valence-corrected chi connectivity index (χ2v) is 22.4. The van der Waals surface area contributed by atoms with Gasteiger partial charge in [0.05, 0.1) is 0 Å². The van der Waals surface area contributed by atoms with E-state index >= 15 is 0 Å². The minimum Gasteiger partial charge on any atom is -1.00 e. The Morgan fingerprint density at radius 1 is 0.471 bits per heavy atom. The van der Waals surface area contributed by atoms with Crippen LogP contribution in [-0.4, -0.2) is 0 Å². The normalized spacial score (nSPS) is 22.9. The van der Waals surface area contributed by atoms with Crippen molar-refractivity contribution in [2.45, 2.75) is 69.3 Å². The predicted octanol–water partition coefficient (Wildman–Crippen LogP) is 8.05. The molecule has 6 aromatic rings. The molecule has 4 aliphatic rings. The van der Waals surface area contributed by atoms with Crippen molar-refractivity contribution in [1.29, 1.82) is 0 Å². The summed E-state index contributed by atoms with van der Waals surface area (Å²) in [5.74, 6) is 0. The maximum atomic E-state index is 2.69. The summed E-state index contributed by atoms with van der Waals surface area (Å²) in [7, 11) is 0. The third-order valence-electron chi connectivity index (χ3n) is 13.2. The van der Waals surface area contributed by atoms with E-state index in [-0.39, 0.29) is 24.8 Å². The monoisotopic (exact) mass is 738 g/mol. The summed E-state index contributed by atoms with van der Waals surface area (Å²) in [6.07, 6.45) is 13.5. The summed E-state index contributed by atoms with van der Waals surface area (Å²) in [6.45, 7) is 4.89. The van der Waals surface area contributed by atoms with Crippen LogP contribution in [0.25, 0.3) is 56.0 Å². The van der Waals surface area contributed by atoms with Crippen molar-refractivity contribution in [1.82, 2.24) is 0 Å². The Kier molecular flexibility index (Phi) is 9.21. The molecule has 254 valence electrons. The smallest absolute Gasteiger partial charge is 1.00 e. The Bertz CT molecular complexity index is 2190. The van der Waals surface area contributed by atoms with Gasteiger partial charge in [-0.05, 0) is 0 Å². The molecule has 4 unspecified atom stereocenters. The zero-order valence-electron chi connectivity index (χ0n) is 29.5. The molecular weight excluding hydrogens is 695 g/mol. The summed E-state index contributed by atoms with van der Waals surface area (Å²) in [6, 6.07) is 46.4. The summed E-state index contributed by atoms with van der Waals surface area (Å²) in [4.78, 5) is 0. The fraction of sp³-hybridized carbons (Fsp3) is 0.250. The number of benzene rings is 6. The largest absolute Gasteiger partial charge is 1.00 e. The molecule has 0 spiro atoms. The molecule has 6 aromatic carbocycles. The molecule has 10 rings (SSSR count). The van der Waals surface area contributed by atoms with Crippen molar-refractivity contribution in [2.24, 2.45) is 0 Å². The molecule has 1 saturated carbocycles. The maximum absolute atomic E-state index is 2.71. The summed E-state index contributed by atoms with van der Waals surface area (Å²) < 4.78 is 3.23. The molecule has 0 bridgehead atoms. The molecule has 3 heteroatoms. The Hall–Kier alpha value is -3.39. The van der Waals surface area contributed by atoms with Crippen LogP contribution >= 0.6 is 0 Å². The first kappa shape index (κ1) is 34.7. The molecular formula is C48H44Cl2Ti. The molecule has 0 N–H and O–H groups in total. The van der Waals surface area contributed by atoms with Gasteiger partial charge in [-0.1, -0.05) is 0 Å². The van der Waals surface area contributed by atoms with Crippen molar-refractivity contribution in [3.05, 3.63) is 155 Å². The van der Waals surface area contributed by atoms with E-state index in [9.17, 15) is 0 Å². The number of allylic oxidation sites excluding steroid dienone is 2. The molecule has 2 fully saturated rings. The standard InChI is InChI=1S/2C21H17.C6H10.2ClH.Ti/c2*1-2-15-13-17-9-6-12-20(21(17)14-15)19-11-5-8-16-7-3-4-10-18(16)19;1-2-4-6-5-3-1;;;/h2*3-14H,2H2,1H3;1-2H,3-6H2;2*1H;/q;;;;;+2/p-2. The van der Waals surface area contributed by atoms with Gasteiger partial charge in [0, 0.05) is 0 Å². The van der Waals surface area contributed by atoms with Crippen molar-refractivity contribution in [2.75, 3.05) is 0 Å². The molecule has 4 atom stereocenters. The molecule has 3 aliphatic carbocycles. The van der Waals surface area contributed by atoms with Crippen molar-refractivity contribution in [3.8, 4) is 22.3 Å². The second kappa shape index (κ2) is 13.5. The molecule has 0 amide bonds. The van der Waals surface area contributed by atoms with Gasteiger partial charge >= 0.3 is 297 Å². The number of hydrogen-bond donors (Lipinski definition) is 0. The average molecular weight is 740 g/mol. The van der Waals surface area contributed by atoms with E-state index in [0.717, 1.165) is 21.3 Å². The first-order valence-corrected chi connectivity index (χ1v) is 22.5. The van der Waals surface area contributed by atoms with Crippen LogP contribution in [0.15, 0.2) is 132 Å². The number of rotatable bonds is 6. The molecule has 0 radical (unpaired) electrons. The van der Waals surface area contributed by atoms with Gasteiger partial charge in [0.1, 0.15) is 0 Å². The van der Waals surface area contributed by atoms with E-state index in [1.807, 2.05) is 0 Å². The van der Waals surface area contributed by atoms with Crippen molar-refractivity contribution in [3.63, 3.8) is 0 Å². The van der Waals surface area contributed by atoms with Crippen LogP contribution < -0.4 is 24.8 Å². The van der Waals surface area contributed by atoms with Gasteiger partial charge in [0.2, 0.25) is 0 Å². The molecule has 51 heavy (non-hydrogen) atoms. The van der Waals surface area contributed by atoms with E-state index in [4.69, 9.17) is 0 Å². The van der Waals surface area contributed by atoms with E-state index < -0.39 is 16.6 Å². The average Bonchev–Trinajstić information content (AvgIpc) is 3.43. The molecule has 1 aliphatic heterocycles. The number of fused-ring (bicyclic) bond motifs is 5. The number of halogens is 2. The fourth-order valence-corrected chi connectivity index (χ4v) is 25.7. The van der Waals surface area contributed by atoms with E-state index in [2.05, 4.69) is 147 Å². The molecule has 0 nitrogen and oxygen atoms in total. The zero-order chi connectivity index (χ0) is 32.7. The third-order valence-corrected chi connectivity index (χ3v) is 24.0. The van der Waals surface area contributed by atoms with Crippen LogP contribution in [0.5, 0.6) is 0 Å². The van der Waals surface area contributed by atoms with Gasteiger partial charge in [-0.3, -0.25) is 0 Å². The van der Waals surface area contributed by atoms with Gasteiger partial charge in [-0.2, -0.15) is 0 Å². The Morgan fingerprint density at radius 3 is 1.31 bits per heavy atom. The minimum atomic E-state index is -2.71. The van der Waals surface area contributed by atoms with Crippen molar-refractivity contribution < 1.29 is 41.4 Å². The van der Waals surface area contributed by atoms with Gasteiger partial charge in [0.15, 0.2) is 0 Å². The van der Waals surface area contributed by atoms with Crippen LogP contribution in [-0.2, 0) is 16.6 Å². The van der Waals surface area contributed by atoms with Crippen LogP contribution in [0, 0.1) is 0 Å². The topological polar surface area (TPSA) is 0 Å². The molecule has 1 heterocycles. The van der Waals surface area contributed by atoms with Gasteiger partial charge < -0.3 is 24.8 Å². The Balaban J connectivity index is 0.00000187. The third kappa shape index (κ3) is 5.04. The summed E-state index contributed by atoms with van der Waals surface area (Å²) in [5, 5.41) is 5.39. The fourth-order valence-electron chi connectivity index (χ4n) is 11.4.